The van der Waals surface area contributed by atoms with Gasteiger partial charge in [-0.2, -0.15) is 0 Å². The maximum absolute atomic E-state index is 12.3. The van der Waals surface area contributed by atoms with Crippen molar-refractivity contribution in [1.82, 2.24) is 9.80 Å². The van der Waals surface area contributed by atoms with Crippen LogP contribution >= 0.6 is 0 Å². The Morgan fingerprint density at radius 2 is 2.05 bits per heavy atom. The van der Waals surface area contributed by atoms with Crippen molar-refractivity contribution >= 4 is 12.0 Å². The third kappa shape index (κ3) is 4.29. The van der Waals surface area contributed by atoms with Gasteiger partial charge >= 0.3 is 12.0 Å². The first-order valence-electron chi connectivity index (χ1n) is 6.64. The summed E-state index contributed by atoms with van der Waals surface area (Å²) in [6.45, 7) is 5.62. The molecule has 0 aromatic carbocycles. The molecule has 20 heavy (non-hydrogen) atoms. The number of amides is 2. The second-order valence-corrected chi connectivity index (χ2v) is 4.93. The molecule has 1 rings (SSSR count). The van der Waals surface area contributed by atoms with Crippen LogP contribution in [0.15, 0.2) is 16.5 Å². The van der Waals surface area contributed by atoms with Gasteiger partial charge in [-0.3, -0.25) is 4.79 Å². The van der Waals surface area contributed by atoms with E-state index in [9.17, 15) is 9.59 Å². The average molecular weight is 282 g/mol. The fourth-order valence-electron chi connectivity index (χ4n) is 1.87. The van der Waals surface area contributed by atoms with Crippen LogP contribution in [0.3, 0.4) is 0 Å². The van der Waals surface area contributed by atoms with Gasteiger partial charge in [-0.1, -0.05) is 6.92 Å². The van der Waals surface area contributed by atoms with E-state index in [2.05, 4.69) is 0 Å². The van der Waals surface area contributed by atoms with Crippen LogP contribution in [0.4, 0.5) is 4.79 Å². The number of aryl methyl sites for hydroxylation is 1. The minimum Gasteiger partial charge on any atom is -0.480 e. The van der Waals surface area contributed by atoms with E-state index in [0.717, 1.165) is 5.76 Å². The molecular weight excluding hydrogens is 260 g/mol. The molecule has 0 aliphatic carbocycles. The van der Waals surface area contributed by atoms with Gasteiger partial charge in [-0.25, -0.2) is 4.79 Å². The second-order valence-electron chi connectivity index (χ2n) is 4.93. The number of urea groups is 1. The lowest BCUT2D eigenvalue weighted by atomic mass is 10.2. The summed E-state index contributed by atoms with van der Waals surface area (Å²) in [5.41, 5.74) is 0. The molecule has 1 unspecified atom stereocenters. The fourth-order valence-corrected chi connectivity index (χ4v) is 1.87. The number of hydrogen-bond donors (Lipinski definition) is 1. The molecule has 1 heterocycles. The van der Waals surface area contributed by atoms with Gasteiger partial charge in [0.1, 0.15) is 18.1 Å². The molecule has 1 atom stereocenters. The van der Waals surface area contributed by atoms with Gasteiger partial charge in [-0.05, 0) is 32.4 Å². The smallest absolute Gasteiger partial charge is 0.323 e. The SMILES string of the molecule is CCC(C)N(CC(=O)O)C(=O)N(C)Cc1ccc(C)o1. The summed E-state index contributed by atoms with van der Waals surface area (Å²) in [6.07, 6.45) is 0.701. The van der Waals surface area contributed by atoms with Gasteiger partial charge in [0.2, 0.25) is 0 Å². The summed E-state index contributed by atoms with van der Waals surface area (Å²) in [5.74, 6) is 0.448. The molecule has 0 saturated heterocycles. The van der Waals surface area contributed by atoms with Crippen molar-refractivity contribution in [1.29, 1.82) is 0 Å². The zero-order valence-corrected chi connectivity index (χ0v) is 12.4. The van der Waals surface area contributed by atoms with Crippen LogP contribution in [0.5, 0.6) is 0 Å². The van der Waals surface area contributed by atoms with Crippen molar-refractivity contribution in [3.8, 4) is 0 Å². The van der Waals surface area contributed by atoms with Crippen LogP contribution in [0.25, 0.3) is 0 Å². The highest BCUT2D eigenvalue weighted by molar-refractivity contribution is 5.80. The first-order chi connectivity index (χ1) is 9.35. The Bertz CT molecular complexity index is 469. The monoisotopic (exact) mass is 282 g/mol. The highest BCUT2D eigenvalue weighted by Crippen LogP contribution is 2.12. The van der Waals surface area contributed by atoms with Crippen LogP contribution in [0, 0.1) is 6.92 Å². The van der Waals surface area contributed by atoms with Crippen LogP contribution in [-0.4, -0.2) is 46.5 Å². The molecule has 6 heteroatoms. The van der Waals surface area contributed by atoms with Crippen LogP contribution in [0.1, 0.15) is 31.8 Å². The summed E-state index contributed by atoms with van der Waals surface area (Å²) in [6, 6.07) is 3.21. The molecule has 0 radical (unpaired) electrons. The number of carboxylic acid groups (broad SMARTS) is 1. The zero-order chi connectivity index (χ0) is 15.3. The number of furan rings is 1. The van der Waals surface area contributed by atoms with E-state index >= 15 is 0 Å². The lowest BCUT2D eigenvalue weighted by Gasteiger charge is -2.31. The summed E-state index contributed by atoms with van der Waals surface area (Å²) in [4.78, 5) is 26.0. The van der Waals surface area contributed by atoms with Gasteiger partial charge in [0.15, 0.2) is 0 Å². The van der Waals surface area contributed by atoms with E-state index in [1.807, 2.05) is 32.9 Å². The van der Waals surface area contributed by atoms with E-state index in [1.165, 1.54) is 9.80 Å². The Balaban J connectivity index is 2.74. The Labute approximate surface area is 119 Å². The molecule has 6 nitrogen and oxygen atoms in total. The largest absolute Gasteiger partial charge is 0.480 e. The Morgan fingerprint density at radius 1 is 1.40 bits per heavy atom. The Morgan fingerprint density at radius 3 is 2.50 bits per heavy atom. The number of carboxylic acids is 1. The van der Waals surface area contributed by atoms with E-state index < -0.39 is 5.97 Å². The topological polar surface area (TPSA) is 74.0 Å². The summed E-state index contributed by atoms with van der Waals surface area (Å²) in [7, 11) is 1.64. The highest BCUT2D eigenvalue weighted by atomic mass is 16.4. The average Bonchev–Trinajstić information content (AvgIpc) is 2.79. The minimum atomic E-state index is -1.01. The van der Waals surface area contributed by atoms with Gasteiger partial charge in [0.05, 0.1) is 6.54 Å². The molecule has 112 valence electrons. The normalized spacial score (nSPS) is 12.0. The van der Waals surface area contributed by atoms with Crippen molar-refractivity contribution in [2.24, 2.45) is 0 Å². The highest BCUT2D eigenvalue weighted by Gasteiger charge is 2.24. The number of rotatable bonds is 6. The predicted molar refractivity (Wildman–Crippen MR) is 74.4 cm³/mol. The maximum atomic E-state index is 12.3. The summed E-state index contributed by atoms with van der Waals surface area (Å²) in [5, 5.41) is 8.92. The number of carbonyl (C=O) groups excluding carboxylic acids is 1. The van der Waals surface area contributed by atoms with Gasteiger partial charge in [0, 0.05) is 13.1 Å². The van der Waals surface area contributed by atoms with Gasteiger partial charge in [-0.15, -0.1) is 0 Å². The number of aliphatic carboxylic acids is 1. The molecule has 0 spiro atoms. The van der Waals surface area contributed by atoms with Gasteiger partial charge < -0.3 is 19.3 Å². The first-order valence-corrected chi connectivity index (χ1v) is 6.64. The molecular formula is C14H22N2O4. The molecule has 1 aromatic heterocycles. The molecule has 1 N–H and O–H groups in total. The van der Waals surface area contributed by atoms with Crippen LogP contribution < -0.4 is 0 Å². The lowest BCUT2D eigenvalue weighted by molar-refractivity contribution is -0.138. The van der Waals surface area contributed by atoms with Crippen molar-refractivity contribution in [3.05, 3.63) is 23.7 Å². The molecule has 2 amide bonds. The third-order valence-corrected chi connectivity index (χ3v) is 3.19. The number of carbonyl (C=O) groups is 2. The standard InChI is InChI=1S/C14H22N2O4/c1-5-10(2)16(9-13(17)18)14(19)15(4)8-12-7-6-11(3)20-12/h6-7,10H,5,8-9H2,1-4H3,(H,17,18). The van der Waals surface area contributed by atoms with Crippen molar-refractivity contribution in [3.63, 3.8) is 0 Å². The van der Waals surface area contributed by atoms with Crippen LogP contribution in [-0.2, 0) is 11.3 Å². The molecule has 0 aliphatic heterocycles. The zero-order valence-electron chi connectivity index (χ0n) is 12.4. The summed E-state index contributed by atoms with van der Waals surface area (Å²) >= 11 is 0. The molecule has 0 bridgehead atoms. The summed E-state index contributed by atoms with van der Waals surface area (Å²) < 4.78 is 5.42. The molecule has 0 fully saturated rings. The predicted octanol–water partition coefficient (Wildman–Crippen LogP) is 2.32. The quantitative estimate of drug-likeness (QED) is 0.869. The Kier molecular flexibility index (Phi) is 5.61. The second kappa shape index (κ2) is 6.98. The number of hydrogen-bond acceptors (Lipinski definition) is 3. The van der Waals surface area contributed by atoms with Gasteiger partial charge in [0.25, 0.3) is 0 Å². The van der Waals surface area contributed by atoms with E-state index in [1.54, 1.807) is 7.05 Å². The fraction of sp³-hybridized carbons (Fsp3) is 0.571. The molecule has 0 aliphatic rings. The van der Waals surface area contributed by atoms with E-state index in [0.29, 0.717) is 18.7 Å². The van der Waals surface area contributed by atoms with E-state index in [4.69, 9.17) is 9.52 Å². The van der Waals surface area contributed by atoms with Crippen molar-refractivity contribution < 1.29 is 19.1 Å². The molecule has 1 aromatic rings. The van der Waals surface area contributed by atoms with Crippen molar-refractivity contribution in [2.75, 3.05) is 13.6 Å². The first kappa shape index (κ1) is 16.1. The van der Waals surface area contributed by atoms with Crippen molar-refractivity contribution in [2.45, 2.75) is 39.8 Å². The Hall–Kier alpha value is -1.98. The lowest BCUT2D eigenvalue weighted by Crippen LogP contribution is -2.47. The van der Waals surface area contributed by atoms with E-state index in [-0.39, 0.29) is 18.6 Å². The van der Waals surface area contributed by atoms with Crippen LogP contribution in [0.2, 0.25) is 0 Å². The molecule has 0 saturated carbocycles. The third-order valence-electron chi connectivity index (χ3n) is 3.19. The maximum Gasteiger partial charge on any atom is 0.323 e. The number of nitrogens with zero attached hydrogens (tertiary/aromatic N) is 2. The minimum absolute atomic E-state index is 0.126.